The Kier molecular flexibility index (Phi) is 4.04. The van der Waals surface area contributed by atoms with Crippen molar-refractivity contribution in [2.45, 2.75) is 12.6 Å². The number of carbonyl (C=O) groups is 1. The zero-order valence-electron chi connectivity index (χ0n) is 9.26. The predicted molar refractivity (Wildman–Crippen MR) is 50.3 cm³/mol. The fourth-order valence-electron chi connectivity index (χ4n) is 1.37. The van der Waals surface area contributed by atoms with Gasteiger partial charge in [0, 0.05) is 6.20 Å². The Hall–Kier alpha value is -2.24. The first-order chi connectivity index (χ1) is 8.73. The summed E-state index contributed by atoms with van der Waals surface area (Å²) in [6, 6.07) is 1.10. The van der Waals surface area contributed by atoms with Crippen LogP contribution in [0.3, 0.4) is 0 Å². The summed E-state index contributed by atoms with van der Waals surface area (Å²) in [6.07, 6.45) is -8.20. The van der Waals surface area contributed by atoms with Gasteiger partial charge in [-0.05, 0) is 0 Å². The van der Waals surface area contributed by atoms with E-state index in [-0.39, 0.29) is 0 Å². The van der Waals surface area contributed by atoms with Gasteiger partial charge in [-0.1, -0.05) is 0 Å². The van der Waals surface area contributed by atoms with Gasteiger partial charge in [-0.3, -0.25) is 0 Å². The minimum atomic E-state index is -5.19. The van der Waals surface area contributed by atoms with Gasteiger partial charge < -0.3 is 4.74 Å². The van der Waals surface area contributed by atoms with Crippen molar-refractivity contribution < 1.29 is 31.5 Å². The molecule has 0 saturated heterocycles. The number of methoxy groups -OCH3 is 1. The van der Waals surface area contributed by atoms with Crippen molar-refractivity contribution in [3.05, 3.63) is 28.6 Å². The van der Waals surface area contributed by atoms with Crippen molar-refractivity contribution in [1.29, 1.82) is 5.26 Å². The molecule has 0 spiro atoms. The molecule has 1 rings (SSSR count). The van der Waals surface area contributed by atoms with E-state index in [1.54, 1.807) is 0 Å². The van der Waals surface area contributed by atoms with E-state index in [1.165, 1.54) is 0 Å². The van der Waals surface area contributed by atoms with Crippen LogP contribution in [0.25, 0.3) is 0 Å². The highest BCUT2D eigenvalue weighted by atomic mass is 19.4. The van der Waals surface area contributed by atoms with Crippen molar-refractivity contribution in [2.24, 2.45) is 0 Å². The Balaban J connectivity index is 3.78. The van der Waals surface area contributed by atoms with Crippen LogP contribution < -0.4 is 0 Å². The highest BCUT2D eigenvalue weighted by Gasteiger charge is 2.42. The van der Waals surface area contributed by atoms with Gasteiger partial charge in [0.1, 0.15) is 11.6 Å². The third kappa shape index (κ3) is 2.78. The molecule has 102 valence electrons. The van der Waals surface area contributed by atoms with Gasteiger partial charge in [0.15, 0.2) is 5.69 Å². The minimum Gasteiger partial charge on any atom is -0.465 e. The zero-order valence-corrected chi connectivity index (χ0v) is 9.26. The van der Waals surface area contributed by atoms with Crippen molar-refractivity contribution >= 4 is 5.97 Å². The molecule has 0 atom stereocenters. The first-order valence-corrected chi connectivity index (χ1v) is 4.60. The van der Waals surface area contributed by atoms with Crippen LogP contribution in [0.1, 0.15) is 33.6 Å². The van der Waals surface area contributed by atoms with Gasteiger partial charge in [-0.2, -0.15) is 18.4 Å². The second-order valence-electron chi connectivity index (χ2n) is 3.21. The van der Waals surface area contributed by atoms with Crippen LogP contribution >= 0.6 is 0 Å². The highest BCUT2D eigenvalue weighted by Crippen LogP contribution is 2.37. The number of halogens is 5. The Morgan fingerprint density at radius 2 is 2.05 bits per heavy atom. The monoisotopic (exact) mass is 280 g/mol. The first kappa shape index (κ1) is 14.8. The van der Waals surface area contributed by atoms with E-state index in [4.69, 9.17) is 5.26 Å². The van der Waals surface area contributed by atoms with E-state index < -0.39 is 41.0 Å². The number of carbonyl (C=O) groups excluding carboxylic acids is 1. The lowest BCUT2D eigenvalue weighted by molar-refractivity contribution is -0.138. The molecule has 0 amide bonds. The molecule has 1 aromatic heterocycles. The largest absolute Gasteiger partial charge is 0.465 e. The zero-order chi connectivity index (χ0) is 14.8. The van der Waals surface area contributed by atoms with E-state index in [1.807, 2.05) is 0 Å². The maximum atomic E-state index is 12.8. The first-order valence-electron chi connectivity index (χ1n) is 4.60. The summed E-state index contributed by atoms with van der Waals surface area (Å²) in [5, 5.41) is 8.54. The van der Waals surface area contributed by atoms with Crippen molar-refractivity contribution in [3.63, 3.8) is 0 Å². The van der Waals surface area contributed by atoms with Crippen LogP contribution in [0.5, 0.6) is 0 Å². The number of nitriles is 1. The molecule has 0 saturated carbocycles. The van der Waals surface area contributed by atoms with Crippen molar-refractivity contribution in [1.82, 2.24) is 4.98 Å². The van der Waals surface area contributed by atoms with Crippen LogP contribution in [-0.4, -0.2) is 18.1 Å². The molecule has 0 aliphatic rings. The molecule has 0 unspecified atom stereocenters. The van der Waals surface area contributed by atoms with E-state index >= 15 is 0 Å². The smallest absolute Gasteiger partial charge is 0.420 e. The van der Waals surface area contributed by atoms with Crippen molar-refractivity contribution in [2.75, 3.05) is 7.11 Å². The third-order valence-corrected chi connectivity index (χ3v) is 2.12. The summed E-state index contributed by atoms with van der Waals surface area (Å²) in [4.78, 5) is 14.3. The van der Waals surface area contributed by atoms with E-state index in [0.717, 1.165) is 13.2 Å². The van der Waals surface area contributed by atoms with Gasteiger partial charge in [-0.25, -0.2) is 18.6 Å². The molecular weight excluding hydrogens is 275 g/mol. The Morgan fingerprint density at radius 3 is 2.42 bits per heavy atom. The lowest BCUT2D eigenvalue weighted by atomic mass is 10.0. The van der Waals surface area contributed by atoms with Gasteiger partial charge in [0.05, 0.1) is 18.2 Å². The standard InChI is InChI=1S/C10H5F5N2O2/c1-19-9(18)6-4(8(11)12)3-17-5(2-16)7(6)10(13,14)15/h3,8H,1H3. The number of rotatable bonds is 2. The van der Waals surface area contributed by atoms with Gasteiger partial charge >= 0.3 is 12.1 Å². The second kappa shape index (κ2) is 5.17. The maximum Gasteiger partial charge on any atom is 0.420 e. The summed E-state index contributed by atoms with van der Waals surface area (Å²) in [7, 11) is 0.740. The second-order valence-corrected chi connectivity index (χ2v) is 3.21. The number of pyridine rings is 1. The minimum absolute atomic E-state index is 0.352. The molecule has 0 aromatic carbocycles. The summed E-state index contributed by atoms with van der Waals surface area (Å²) < 4.78 is 67.7. The van der Waals surface area contributed by atoms with E-state index in [0.29, 0.717) is 6.20 Å². The van der Waals surface area contributed by atoms with Crippen LogP contribution in [0.4, 0.5) is 22.0 Å². The lowest BCUT2D eigenvalue weighted by Crippen LogP contribution is -2.20. The third-order valence-electron chi connectivity index (χ3n) is 2.12. The van der Waals surface area contributed by atoms with Crippen LogP contribution in [0.2, 0.25) is 0 Å². The van der Waals surface area contributed by atoms with Gasteiger partial charge in [0.25, 0.3) is 6.43 Å². The number of alkyl halides is 5. The molecule has 0 aliphatic heterocycles. The Morgan fingerprint density at radius 1 is 1.47 bits per heavy atom. The number of hydrogen-bond acceptors (Lipinski definition) is 4. The average Bonchev–Trinajstić information content (AvgIpc) is 2.34. The van der Waals surface area contributed by atoms with E-state index in [2.05, 4.69) is 9.72 Å². The maximum absolute atomic E-state index is 12.8. The molecule has 19 heavy (non-hydrogen) atoms. The molecule has 4 nitrogen and oxygen atoms in total. The summed E-state index contributed by atoms with van der Waals surface area (Å²) in [6.45, 7) is 0. The number of ether oxygens (including phenoxy) is 1. The summed E-state index contributed by atoms with van der Waals surface area (Å²) in [5.41, 5.74) is -5.62. The number of esters is 1. The fourth-order valence-corrected chi connectivity index (χ4v) is 1.37. The average molecular weight is 280 g/mol. The highest BCUT2D eigenvalue weighted by molar-refractivity contribution is 5.93. The Bertz CT molecular complexity index is 548. The molecule has 0 bridgehead atoms. The Labute approximate surface area is 103 Å². The molecule has 1 aromatic rings. The molecule has 0 fully saturated rings. The topological polar surface area (TPSA) is 63.0 Å². The molecule has 0 aliphatic carbocycles. The SMILES string of the molecule is COC(=O)c1c(C(F)F)cnc(C#N)c1C(F)(F)F. The number of aromatic nitrogens is 1. The molecule has 0 radical (unpaired) electrons. The molecular formula is C10H5F5N2O2. The predicted octanol–water partition coefficient (Wildman–Crippen LogP) is 2.70. The van der Waals surface area contributed by atoms with Gasteiger partial charge in [-0.15, -0.1) is 0 Å². The van der Waals surface area contributed by atoms with Crippen LogP contribution in [0, 0.1) is 11.3 Å². The van der Waals surface area contributed by atoms with Crippen LogP contribution in [-0.2, 0) is 10.9 Å². The molecule has 0 N–H and O–H groups in total. The fraction of sp³-hybridized carbons (Fsp3) is 0.300. The lowest BCUT2D eigenvalue weighted by Gasteiger charge is -2.15. The van der Waals surface area contributed by atoms with Gasteiger partial charge in [0.2, 0.25) is 0 Å². The summed E-state index contributed by atoms with van der Waals surface area (Å²) >= 11 is 0. The van der Waals surface area contributed by atoms with Crippen LogP contribution in [0.15, 0.2) is 6.20 Å². The summed E-state index contributed by atoms with van der Waals surface area (Å²) in [5.74, 6) is -1.61. The molecule has 9 heteroatoms. The normalized spacial score (nSPS) is 11.3. The van der Waals surface area contributed by atoms with E-state index in [9.17, 15) is 26.7 Å². The quantitative estimate of drug-likeness (QED) is 0.617. The van der Waals surface area contributed by atoms with Crippen molar-refractivity contribution in [3.8, 4) is 6.07 Å². The number of nitrogens with zero attached hydrogens (tertiary/aromatic N) is 2. The molecule has 1 heterocycles. The number of hydrogen-bond donors (Lipinski definition) is 0.